The highest BCUT2D eigenvalue weighted by molar-refractivity contribution is 5.90. The van der Waals surface area contributed by atoms with E-state index < -0.39 is 0 Å². The fourth-order valence-corrected chi connectivity index (χ4v) is 4.43. The van der Waals surface area contributed by atoms with Gasteiger partial charge < -0.3 is 5.84 Å². The maximum Gasteiger partial charge on any atom is 0.139 e. The summed E-state index contributed by atoms with van der Waals surface area (Å²) in [4.78, 5) is 12.5. The van der Waals surface area contributed by atoms with Crippen LogP contribution in [-0.4, -0.2) is 5.78 Å². The van der Waals surface area contributed by atoms with Crippen LogP contribution in [0.4, 0.5) is 5.69 Å². The molecule has 0 bridgehead atoms. The standard InChI is InChI=1S/C20H27N3O/c1-3-5-10-20-11-9-19(24)14(4-2)12-17(20)15-7-6-8-18(22-23-21)16(15)13-20/h6-8,12,14H,3-5,9-11,13H2,1-2H3,(H2,21,22). The highest BCUT2D eigenvalue weighted by Crippen LogP contribution is 2.56. The van der Waals surface area contributed by atoms with Gasteiger partial charge in [0.25, 0.3) is 0 Å². The van der Waals surface area contributed by atoms with Gasteiger partial charge in [0.15, 0.2) is 0 Å². The zero-order chi connectivity index (χ0) is 17.2. The van der Waals surface area contributed by atoms with Crippen molar-refractivity contribution in [2.45, 2.75) is 58.8 Å². The summed E-state index contributed by atoms with van der Waals surface area (Å²) in [5.41, 5.74) is 4.83. The molecular weight excluding hydrogens is 298 g/mol. The van der Waals surface area contributed by atoms with E-state index in [0.29, 0.717) is 12.2 Å². The summed E-state index contributed by atoms with van der Waals surface area (Å²) in [6.45, 7) is 4.33. The van der Waals surface area contributed by atoms with E-state index in [2.05, 4.69) is 36.3 Å². The Labute approximate surface area is 144 Å². The summed E-state index contributed by atoms with van der Waals surface area (Å²) in [5.74, 6) is 5.75. The van der Waals surface area contributed by atoms with E-state index in [1.54, 1.807) is 0 Å². The predicted molar refractivity (Wildman–Crippen MR) is 96.8 cm³/mol. The number of nitrogens with zero attached hydrogens (tertiary/aromatic N) is 2. The Bertz CT molecular complexity index is 692. The van der Waals surface area contributed by atoms with Crippen LogP contribution in [0.3, 0.4) is 0 Å². The van der Waals surface area contributed by atoms with Crippen LogP contribution in [0.5, 0.6) is 0 Å². The number of carbonyl (C=O) groups is 1. The molecule has 0 aliphatic heterocycles. The maximum atomic E-state index is 12.5. The van der Waals surface area contributed by atoms with Gasteiger partial charge >= 0.3 is 0 Å². The number of rotatable bonds is 5. The number of hydrogen-bond acceptors (Lipinski definition) is 3. The minimum absolute atomic E-state index is 0.0502. The van der Waals surface area contributed by atoms with E-state index in [4.69, 9.17) is 5.84 Å². The first kappa shape index (κ1) is 16.9. The fourth-order valence-electron chi connectivity index (χ4n) is 4.43. The maximum absolute atomic E-state index is 12.5. The second-order valence-corrected chi connectivity index (χ2v) is 7.14. The molecule has 0 aromatic heterocycles. The summed E-state index contributed by atoms with van der Waals surface area (Å²) in [6.07, 6.45) is 9.21. The third-order valence-electron chi connectivity index (χ3n) is 5.77. The molecule has 2 atom stereocenters. The van der Waals surface area contributed by atoms with Crippen molar-refractivity contribution >= 4 is 17.0 Å². The van der Waals surface area contributed by atoms with Gasteiger partial charge in [-0.05, 0) is 48.4 Å². The molecule has 0 radical (unpaired) electrons. The van der Waals surface area contributed by atoms with Crippen LogP contribution in [0.15, 0.2) is 34.6 Å². The summed E-state index contributed by atoms with van der Waals surface area (Å²) in [5, 5.41) is 7.63. The minimum Gasteiger partial charge on any atom is -0.305 e. The lowest BCUT2D eigenvalue weighted by atomic mass is 9.73. The second-order valence-electron chi connectivity index (χ2n) is 7.14. The second kappa shape index (κ2) is 6.88. The number of fused-ring (bicyclic) bond motifs is 3. The molecule has 0 saturated carbocycles. The number of benzene rings is 1. The number of hydrogen-bond donors (Lipinski definition) is 1. The first-order valence-electron chi connectivity index (χ1n) is 9.13. The zero-order valence-corrected chi connectivity index (χ0v) is 14.7. The molecule has 4 heteroatoms. The van der Waals surface area contributed by atoms with Crippen LogP contribution >= 0.6 is 0 Å². The Morgan fingerprint density at radius 2 is 2.17 bits per heavy atom. The monoisotopic (exact) mass is 325 g/mol. The van der Waals surface area contributed by atoms with Gasteiger partial charge in [-0.3, -0.25) is 4.79 Å². The third kappa shape index (κ3) is 2.79. The molecule has 2 aliphatic carbocycles. The van der Waals surface area contributed by atoms with Gasteiger partial charge in [-0.2, -0.15) is 0 Å². The summed E-state index contributed by atoms with van der Waals surface area (Å²) in [6, 6.07) is 6.18. The highest BCUT2D eigenvalue weighted by atomic mass is 16.1. The molecule has 1 aromatic rings. The van der Waals surface area contributed by atoms with Gasteiger partial charge in [-0.25, -0.2) is 0 Å². The van der Waals surface area contributed by atoms with Crippen molar-refractivity contribution in [1.29, 1.82) is 0 Å². The number of Topliss-reactive ketones (excluding diaryl/α,β-unsaturated/α-hetero) is 1. The summed E-state index contributed by atoms with van der Waals surface area (Å²) in [7, 11) is 0. The number of carbonyl (C=O) groups excluding carboxylic acids is 1. The number of allylic oxidation sites excluding steroid dienone is 2. The minimum atomic E-state index is 0.0502. The smallest absolute Gasteiger partial charge is 0.139 e. The van der Waals surface area contributed by atoms with Crippen LogP contribution in [0.1, 0.15) is 63.5 Å². The average molecular weight is 325 g/mol. The lowest BCUT2D eigenvalue weighted by Gasteiger charge is -2.30. The van der Waals surface area contributed by atoms with Gasteiger partial charge in [-0.1, -0.05) is 50.1 Å². The van der Waals surface area contributed by atoms with Crippen molar-refractivity contribution < 1.29 is 4.79 Å². The van der Waals surface area contributed by atoms with Crippen LogP contribution in [0, 0.1) is 11.3 Å². The van der Waals surface area contributed by atoms with Crippen molar-refractivity contribution in [3.8, 4) is 0 Å². The Hall–Kier alpha value is -1.97. The van der Waals surface area contributed by atoms with E-state index in [1.165, 1.54) is 29.5 Å². The molecule has 128 valence electrons. The molecule has 0 amide bonds. The molecule has 2 aliphatic rings. The molecular formula is C20H27N3O. The Balaban J connectivity index is 2.14. The third-order valence-corrected chi connectivity index (χ3v) is 5.77. The first-order valence-corrected chi connectivity index (χ1v) is 9.13. The topological polar surface area (TPSA) is 67.8 Å². The van der Waals surface area contributed by atoms with Gasteiger partial charge in [0.2, 0.25) is 0 Å². The molecule has 1 aromatic carbocycles. The number of nitrogens with two attached hydrogens (primary N) is 1. The molecule has 0 heterocycles. The van der Waals surface area contributed by atoms with Crippen LogP contribution in [0.2, 0.25) is 0 Å². The van der Waals surface area contributed by atoms with Gasteiger partial charge in [-0.15, -0.1) is 5.11 Å². The molecule has 2 unspecified atom stereocenters. The SMILES string of the molecule is CCCCC12CCC(=O)C(CC)C=C1c1cccc(N=NN)c1C2. The molecule has 0 fully saturated rings. The van der Waals surface area contributed by atoms with Crippen molar-refractivity contribution in [2.75, 3.05) is 0 Å². The number of unbranched alkanes of at least 4 members (excludes halogenated alkanes) is 1. The quantitative estimate of drug-likeness (QED) is 0.462. The van der Waals surface area contributed by atoms with Crippen LogP contribution in [0.25, 0.3) is 5.57 Å². The lowest BCUT2D eigenvalue weighted by molar-refractivity contribution is -0.121. The molecule has 0 spiro atoms. The summed E-state index contributed by atoms with van der Waals surface area (Å²) < 4.78 is 0. The Morgan fingerprint density at radius 3 is 2.88 bits per heavy atom. The van der Waals surface area contributed by atoms with E-state index in [1.807, 2.05) is 12.1 Å². The molecule has 2 N–H and O–H groups in total. The van der Waals surface area contributed by atoms with E-state index >= 15 is 0 Å². The van der Waals surface area contributed by atoms with Crippen molar-refractivity contribution in [3.05, 3.63) is 35.4 Å². The van der Waals surface area contributed by atoms with Crippen molar-refractivity contribution in [1.82, 2.24) is 0 Å². The van der Waals surface area contributed by atoms with Crippen LogP contribution in [-0.2, 0) is 11.2 Å². The van der Waals surface area contributed by atoms with Crippen molar-refractivity contribution in [3.63, 3.8) is 0 Å². The van der Waals surface area contributed by atoms with E-state index in [9.17, 15) is 4.79 Å². The van der Waals surface area contributed by atoms with Gasteiger partial charge in [0.05, 0.1) is 5.69 Å². The first-order chi connectivity index (χ1) is 11.6. The molecule has 0 saturated heterocycles. The lowest BCUT2D eigenvalue weighted by Crippen LogP contribution is -2.20. The molecule has 4 nitrogen and oxygen atoms in total. The largest absolute Gasteiger partial charge is 0.305 e. The highest BCUT2D eigenvalue weighted by Gasteiger charge is 2.44. The van der Waals surface area contributed by atoms with Gasteiger partial charge in [0.1, 0.15) is 5.78 Å². The predicted octanol–water partition coefficient (Wildman–Crippen LogP) is 5.15. The fraction of sp³-hybridized carbons (Fsp3) is 0.550. The van der Waals surface area contributed by atoms with Crippen molar-refractivity contribution in [2.24, 2.45) is 27.5 Å². The van der Waals surface area contributed by atoms with E-state index in [-0.39, 0.29) is 11.3 Å². The Kier molecular flexibility index (Phi) is 4.83. The molecule has 24 heavy (non-hydrogen) atoms. The molecule has 3 rings (SSSR count). The van der Waals surface area contributed by atoms with E-state index in [0.717, 1.165) is 31.4 Å². The Morgan fingerprint density at radius 1 is 1.33 bits per heavy atom. The average Bonchev–Trinajstić information content (AvgIpc) is 2.83. The summed E-state index contributed by atoms with van der Waals surface area (Å²) >= 11 is 0. The number of ketones is 1. The van der Waals surface area contributed by atoms with Gasteiger partial charge in [0, 0.05) is 17.8 Å². The normalized spacial score (nSPS) is 26.2. The van der Waals surface area contributed by atoms with Crippen LogP contribution < -0.4 is 5.84 Å². The zero-order valence-electron chi connectivity index (χ0n) is 14.7.